The van der Waals surface area contributed by atoms with Crippen LogP contribution >= 0.6 is 12.6 Å². The van der Waals surface area contributed by atoms with Crippen LogP contribution in [-0.2, 0) is 19.2 Å². The largest absolute Gasteiger partial charge is 0.480 e. The summed E-state index contributed by atoms with van der Waals surface area (Å²) in [4.78, 5) is 48.0. The van der Waals surface area contributed by atoms with E-state index in [-0.39, 0.29) is 11.7 Å². The van der Waals surface area contributed by atoms with Crippen molar-refractivity contribution in [3.8, 4) is 0 Å². The monoisotopic (exact) mass is 436 g/mol. The summed E-state index contributed by atoms with van der Waals surface area (Å²) >= 11 is 3.82. The van der Waals surface area contributed by atoms with E-state index in [1.807, 2.05) is 13.8 Å². The maximum absolute atomic E-state index is 12.5. The van der Waals surface area contributed by atoms with Crippen LogP contribution in [0.4, 0.5) is 0 Å². The fourth-order valence-corrected chi connectivity index (χ4v) is 2.62. The van der Waals surface area contributed by atoms with Crippen molar-refractivity contribution >= 4 is 36.3 Å². The molecule has 0 radical (unpaired) electrons. The lowest BCUT2D eigenvalue weighted by Gasteiger charge is -2.27. The Bertz CT molecular complexity index is 586. The van der Waals surface area contributed by atoms with Gasteiger partial charge in [-0.1, -0.05) is 13.8 Å². The van der Waals surface area contributed by atoms with Crippen molar-refractivity contribution < 1.29 is 34.5 Å². The Morgan fingerprint density at radius 3 is 1.62 bits per heavy atom. The number of rotatable bonds is 12. The van der Waals surface area contributed by atoms with Crippen molar-refractivity contribution in [2.45, 2.75) is 70.5 Å². The molecule has 0 fully saturated rings. The Morgan fingerprint density at radius 2 is 1.28 bits per heavy atom. The molecule has 0 saturated carbocycles. The lowest BCUT2D eigenvalue weighted by Crippen LogP contribution is -2.62. The highest BCUT2D eigenvalue weighted by Crippen LogP contribution is 2.05. The molecule has 3 amide bonds. The average Bonchev–Trinajstić information content (AvgIpc) is 2.59. The summed E-state index contributed by atoms with van der Waals surface area (Å²) in [6.45, 7) is 6.22. The molecular weight excluding hydrogens is 404 g/mol. The van der Waals surface area contributed by atoms with Crippen molar-refractivity contribution in [3.05, 3.63) is 0 Å². The van der Waals surface area contributed by atoms with Crippen LogP contribution in [0.1, 0.15) is 34.1 Å². The first kappa shape index (κ1) is 27.1. The Kier molecular flexibility index (Phi) is 11.8. The van der Waals surface area contributed by atoms with Crippen molar-refractivity contribution in [2.75, 3.05) is 5.75 Å². The maximum atomic E-state index is 12.5. The molecule has 0 rings (SSSR count). The Hall–Kier alpha value is -1.89. The third kappa shape index (κ3) is 9.43. The van der Waals surface area contributed by atoms with Gasteiger partial charge in [0, 0.05) is 5.75 Å². The van der Waals surface area contributed by atoms with Crippen LogP contribution in [0.5, 0.6) is 0 Å². The van der Waals surface area contributed by atoms with Gasteiger partial charge in [-0.25, -0.2) is 4.79 Å². The molecule has 6 unspecified atom stereocenters. The van der Waals surface area contributed by atoms with Crippen LogP contribution in [0.3, 0.4) is 0 Å². The number of carboxylic acids is 1. The number of carbonyl (C=O) groups excluding carboxylic acids is 3. The van der Waals surface area contributed by atoms with E-state index in [9.17, 15) is 29.4 Å². The van der Waals surface area contributed by atoms with Crippen LogP contribution in [0.15, 0.2) is 0 Å². The normalized spacial score (nSPS) is 17.4. The van der Waals surface area contributed by atoms with E-state index in [1.165, 1.54) is 13.8 Å². The number of amides is 3. The molecule has 29 heavy (non-hydrogen) atoms. The van der Waals surface area contributed by atoms with E-state index in [0.29, 0.717) is 6.42 Å². The number of carboxylic acid groups (broad SMARTS) is 1. The van der Waals surface area contributed by atoms with E-state index < -0.39 is 60.1 Å². The number of aliphatic carboxylic acids is 1. The Morgan fingerprint density at radius 1 is 0.862 bits per heavy atom. The van der Waals surface area contributed by atoms with Crippen LogP contribution in [0.25, 0.3) is 0 Å². The second-order valence-corrected chi connectivity index (χ2v) is 7.64. The van der Waals surface area contributed by atoms with Gasteiger partial charge in [0.25, 0.3) is 0 Å². The summed E-state index contributed by atoms with van der Waals surface area (Å²) in [5.74, 6) is -3.96. The molecule has 6 atom stereocenters. The molecule has 0 aromatic rings. The lowest BCUT2D eigenvalue weighted by molar-refractivity contribution is -0.142. The molecule has 0 aliphatic carbocycles. The number of nitrogens with two attached hydrogens (primary N) is 1. The van der Waals surface area contributed by atoms with Crippen LogP contribution in [0, 0.1) is 5.92 Å². The smallest absolute Gasteiger partial charge is 0.327 e. The molecule has 0 aromatic carbocycles. The highest BCUT2D eigenvalue weighted by atomic mass is 32.1. The highest BCUT2D eigenvalue weighted by molar-refractivity contribution is 7.80. The Balaban J connectivity index is 5.25. The van der Waals surface area contributed by atoms with Crippen LogP contribution in [0.2, 0.25) is 0 Å². The number of aliphatic hydroxyl groups excluding tert-OH is 2. The molecule has 8 N–H and O–H groups in total. The van der Waals surface area contributed by atoms with Gasteiger partial charge in [-0.2, -0.15) is 12.6 Å². The molecule has 168 valence electrons. The summed E-state index contributed by atoms with van der Waals surface area (Å²) in [5.41, 5.74) is 5.77. The topological polar surface area (TPSA) is 191 Å². The average molecular weight is 437 g/mol. The zero-order chi connectivity index (χ0) is 22.9. The first-order valence-corrected chi connectivity index (χ1v) is 9.81. The molecule has 0 aliphatic heterocycles. The standard InChI is InChI=1S/C17H32N4O7S/c1-7(2)5-10(18)14(24)20-13(9(4)23)16(26)21-12(8(3)22)15(25)19-11(6-29)17(27)28/h7-13,22-23,29H,5-6,18H2,1-4H3,(H,19,25)(H,20,24)(H,21,26)(H,27,28). The highest BCUT2D eigenvalue weighted by Gasteiger charge is 2.34. The summed E-state index contributed by atoms with van der Waals surface area (Å²) in [6.07, 6.45) is -2.35. The SMILES string of the molecule is CC(C)CC(N)C(=O)NC(C(=O)NC(C(=O)NC(CS)C(=O)O)C(C)O)C(C)O. The molecular formula is C17H32N4O7S. The van der Waals surface area contributed by atoms with E-state index in [0.717, 1.165) is 0 Å². The zero-order valence-corrected chi connectivity index (χ0v) is 17.8. The van der Waals surface area contributed by atoms with Gasteiger partial charge in [-0.3, -0.25) is 14.4 Å². The predicted octanol–water partition coefficient (Wildman–Crippen LogP) is -2.41. The third-order valence-corrected chi connectivity index (χ3v) is 4.35. The molecule has 0 aromatic heterocycles. The van der Waals surface area contributed by atoms with E-state index in [1.54, 1.807) is 0 Å². The summed E-state index contributed by atoms with van der Waals surface area (Å²) < 4.78 is 0. The van der Waals surface area contributed by atoms with Gasteiger partial charge in [0.1, 0.15) is 18.1 Å². The summed E-state index contributed by atoms with van der Waals surface area (Å²) in [5, 5.41) is 35.4. The number of carbonyl (C=O) groups is 4. The van der Waals surface area contributed by atoms with Gasteiger partial charge < -0.3 is 37.0 Å². The van der Waals surface area contributed by atoms with Crippen molar-refractivity contribution in [2.24, 2.45) is 11.7 Å². The minimum atomic E-state index is -1.52. The van der Waals surface area contributed by atoms with Crippen LogP contribution < -0.4 is 21.7 Å². The molecule has 0 saturated heterocycles. The second kappa shape index (κ2) is 12.6. The quantitative estimate of drug-likeness (QED) is 0.155. The van der Waals surface area contributed by atoms with Crippen molar-refractivity contribution in [1.29, 1.82) is 0 Å². The number of nitrogens with one attached hydrogen (secondary N) is 3. The lowest BCUT2D eigenvalue weighted by atomic mass is 10.0. The van der Waals surface area contributed by atoms with Crippen molar-refractivity contribution in [1.82, 2.24) is 16.0 Å². The molecule has 0 heterocycles. The van der Waals surface area contributed by atoms with E-state index in [4.69, 9.17) is 10.8 Å². The van der Waals surface area contributed by atoms with Gasteiger partial charge >= 0.3 is 5.97 Å². The minimum Gasteiger partial charge on any atom is -0.480 e. The molecule has 0 bridgehead atoms. The third-order valence-electron chi connectivity index (χ3n) is 3.98. The Labute approximate surface area is 175 Å². The van der Waals surface area contributed by atoms with E-state index in [2.05, 4.69) is 28.6 Å². The second-order valence-electron chi connectivity index (χ2n) is 7.27. The number of hydrogen-bond acceptors (Lipinski definition) is 8. The van der Waals surface area contributed by atoms with Crippen molar-refractivity contribution in [3.63, 3.8) is 0 Å². The van der Waals surface area contributed by atoms with Gasteiger partial charge in [0.15, 0.2) is 0 Å². The molecule has 12 heteroatoms. The van der Waals surface area contributed by atoms with Crippen LogP contribution in [-0.4, -0.2) is 81.1 Å². The summed E-state index contributed by atoms with van der Waals surface area (Å²) in [6, 6.07) is -5.18. The van der Waals surface area contributed by atoms with Gasteiger partial charge in [-0.15, -0.1) is 0 Å². The molecule has 0 spiro atoms. The molecule has 0 aliphatic rings. The summed E-state index contributed by atoms with van der Waals surface area (Å²) in [7, 11) is 0. The predicted molar refractivity (Wildman–Crippen MR) is 108 cm³/mol. The first-order valence-electron chi connectivity index (χ1n) is 9.18. The number of thiol groups is 1. The van der Waals surface area contributed by atoms with Gasteiger partial charge in [0.05, 0.1) is 18.2 Å². The zero-order valence-electron chi connectivity index (χ0n) is 17.0. The van der Waals surface area contributed by atoms with Gasteiger partial charge in [0.2, 0.25) is 17.7 Å². The van der Waals surface area contributed by atoms with E-state index >= 15 is 0 Å². The molecule has 11 nitrogen and oxygen atoms in total. The first-order chi connectivity index (χ1) is 13.3. The fourth-order valence-electron chi connectivity index (χ4n) is 2.38. The van der Waals surface area contributed by atoms with Gasteiger partial charge in [-0.05, 0) is 26.2 Å². The number of aliphatic hydroxyl groups is 2. The number of hydrogen-bond donors (Lipinski definition) is 8. The maximum Gasteiger partial charge on any atom is 0.327 e. The minimum absolute atomic E-state index is 0.131. The fraction of sp³-hybridized carbons (Fsp3) is 0.765.